The van der Waals surface area contributed by atoms with Crippen LogP contribution in [0.15, 0.2) is 40.7 Å². The van der Waals surface area contributed by atoms with E-state index in [9.17, 15) is 0 Å². The molecule has 1 aromatic heterocycles. The van der Waals surface area contributed by atoms with E-state index < -0.39 is 0 Å². The fraction of sp³-hybridized carbons (Fsp3) is 0.389. The van der Waals surface area contributed by atoms with Crippen molar-refractivity contribution in [3.63, 3.8) is 0 Å². The second kappa shape index (κ2) is 8.28. The second-order valence-electron chi connectivity index (χ2n) is 5.85. The molecular formula is C18H24N4OS. The molecule has 128 valence electrons. The molecule has 0 saturated heterocycles. The minimum absolute atomic E-state index is 0.184. The lowest BCUT2D eigenvalue weighted by atomic mass is 10.0. The Bertz CT molecular complexity index is 684. The number of nitrogens with two attached hydrogens (primary N) is 1. The third-order valence-electron chi connectivity index (χ3n) is 4.15. The Kier molecular flexibility index (Phi) is 5.85. The van der Waals surface area contributed by atoms with E-state index in [-0.39, 0.29) is 6.61 Å². The average Bonchev–Trinajstić information content (AvgIpc) is 3.13. The van der Waals surface area contributed by atoms with Crippen LogP contribution in [0.2, 0.25) is 0 Å². The first-order valence-corrected chi connectivity index (χ1v) is 9.23. The van der Waals surface area contributed by atoms with E-state index in [0.717, 1.165) is 43.0 Å². The lowest BCUT2D eigenvalue weighted by molar-refractivity contribution is 0.293. The highest BCUT2D eigenvalue weighted by Crippen LogP contribution is 2.30. The van der Waals surface area contributed by atoms with Gasteiger partial charge in [-0.05, 0) is 48.1 Å². The Morgan fingerprint density at radius 1 is 1.33 bits per heavy atom. The minimum Gasteiger partial charge on any atom is -0.395 e. The molecule has 0 bridgehead atoms. The molecule has 1 aliphatic heterocycles. The summed E-state index contributed by atoms with van der Waals surface area (Å²) >= 11 is 1.60. The summed E-state index contributed by atoms with van der Waals surface area (Å²) in [5.74, 6) is 0.575. The number of aryl methyl sites for hydroxylation is 1. The first-order chi connectivity index (χ1) is 11.8. The number of aliphatic imine (C=N–C) groups is 1. The van der Waals surface area contributed by atoms with Crippen LogP contribution in [0.25, 0.3) is 0 Å². The molecule has 1 aromatic carbocycles. The van der Waals surface area contributed by atoms with E-state index in [4.69, 9.17) is 10.8 Å². The number of benzene rings is 1. The van der Waals surface area contributed by atoms with Crippen LogP contribution in [0, 0.1) is 0 Å². The number of nitrogens with one attached hydrogen (secondary N) is 1. The van der Waals surface area contributed by atoms with Crippen molar-refractivity contribution in [2.24, 2.45) is 10.7 Å². The largest absolute Gasteiger partial charge is 0.395 e. The number of rotatable bonds is 7. The SMILES string of the molecule is NC(=Nc1ccc2c(c1)CCCN2CCNCCO)c1cccs1. The van der Waals surface area contributed by atoms with Crippen molar-refractivity contribution in [3.05, 3.63) is 46.2 Å². The van der Waals surface area contributed by atoms with Gasteiger partial charge in [-0.3, -0.25) is 0 Å². The van der Waals surface area contributed by atoms with Crippen LogP contribution in [0.4, 0.5) is 11.4 Å². The number of anilines is 1. The number of hydrogen-bond acceptors (Lipinski definition) is 5. The predicted molar refractivity (Wildman–Crippen MR) is 102 cm³/mol. The number of amidine groups is 1. The molecule has 0 fully saturated rings. The van der Waals surface area contributed by atoms with Gasteiger partial charge in [0.1, 0.15) is 5.84 Å². The average molecular weight is 344 g/mol. The fourth-order valence-electron chi connectivity index (χ4n) is 3.00. The highest BCUT2D eigenvalue weighted by molar-refractivity contribution is 7.12. The summed E-state index contributed by atoms with van der Waals surface area (Å²) in [4.78, 5) is 7.97. The Balaban J connectivity index is 1.72. The Labute approximate surface area is 146 Å². The van der Waals surface area contributed by atoms with E-state index >= 15 is 0 Å². The molecule has 1 aliphatic rings. The van der Waals surface area contributed by atoms with E-state index in [0.29, 0.717) is 12.4 Å². The number of thiophene rings is 1. The van der Waals surface area contributed by atoms with Gasteiger partial charge in [0.2, 0.25) is 0 Å². The van der Waals surface area contributed by atoms with Crippen molar-refractivity contribution in [2.45, 2.75) is 12.8 Å². The van der Waals surface area contributed by atoms with Crippen LogP contribution < -0.4 is 16.0 Å². The molecular weight excluding hydrogens is 320 g/mol. The smallest absolute Gasteiger partial charge is 0.141 e. The zero-order valence-corrected chi connectivity index (χ0v) is 14.6. The minimum atomic E-state index is 0.184. The molecule has 2 heterocycles. The molecule has 4 N–H and O–H groups in total. The maximum Gasteiger partial charge on any atom is 0.141 e. The molecule has 6 heteroatoms. The van der Waals surface area contributed by atoms with Gasteiger partial charge < -0.3 is 21.1 Å². The van der Waals surface area contributed by atoms with E-state index in [2.05, 4.69) is 27.3 Å². The molecule has 0 spiro atoms. The lowest BCUT2D eigenvalue weighted by Crippen LogP contribution is -2.36. The van der Waals surface area contributed by atoms with E-state index in [1.54, 1.807) is 11.3 Å². The van der Waals surface area contributed by atoms with Crippen molar-refractivity contribution in [1.29, 1.82) is 0 Å². The highest BCUT2D eigenvalue weighted by atomic mass is 32.1. The molecule has 0 aliphatic carbocycles. The van der Waals surface area contributed by atoms with Crippen molar-refractivity contribution < 1.29 is 5.11 Å². The monoisotopic (exact) mass is 344 g/mol. The molecule has 0 amide bonds. The van der Waals surface area contributed by atoms with Gasteiger partial charge in [0.05, 0.1) is 17.2 Å². The Hall–Kier alpha value is -1.89. The molecule has 0 saturated carbocycles. The summed E-state index contributed by atoms with van der Waals surface area (Å²) in [6, 6.07) is 10.3. The number of fused-ring (bicyclic) bond motifs is 1. The van der Waals surface area contributed by atoms with E-state index in [1.807, 2.05) is 23.6 Å². The van der Waals surface area contributed by atoms with Crippen LogP contribution in [-0.2, 0) is 6.42 Å². The number of aliphatic hydroxyl groups excluding tert-OH is 1. The van der Waals surface area contributed by atoms with Gasteiger partial charge >= 0.3 is 0 Å². The first-order valence-electron chi connectivity index (χ1n) is 8.35. The van der Waals surface area contributed by atoms with Gasteiger partial charge in [-0.2, -0.15) is 0 Å². The molecule has 0 atom stereocenters. The van der Waals surface area contributed by atoms with Crippen LogP contribution in [-0.4, -0.2) is 43.7 Å². The zero-order chi connectivity index (χ0) is 16.8. The third kappa shape index (κ3) is 4.14. The summed E-state index contributed by atoms with van der Waals surface area (Å²) in [7, 11) is 0. The van der Waals surface area contributed by atoms with Gasteiger partial charge in [-0.1, -0.05) is 6.07 Å². The van der Waals surface area contributed by atoms with E-state index in [1.165, 1.54) is 11.3 Å². The zero-order valence-electron chi connectivity index (χ0n) is 13.7. The van der Waals surface area contributed by atoms with Crippen molar-refractivity contribution >= 4 is 28.5 Å². The molecule has 2 aromatic rings. The van der Waals surface area contributed by atoms with Crippen molar-refractivity contribution in [1.82, 2.24) is 5.32 Å². The maximum atomic E-state index is 8.83. The normalized spacial score (nSPS) is 14.7. The lowest BCUT2D eigenvalue weighted by Gasteiger charge is -2.31. The van der Waals surface area contributed by atoms with Crippen LogP contribution in [0.3, 0.4) is 0 Å². The number of hydrogen-bond donors (Lipinski definition) is 3. The van der Waals surface area contributed by atoms with Crippen molar-refractivity contribution in [3.8, 4) is 0 Å². The van der Waals surface area contributed by atoms with Crippen molar-refractivity contribution in [2.75, 3.05) is 37.7 Å². The molecule has 3 rings (SSSR count). The van der Waals surface area contributed by atoms with Gasteiger partial charge in [0, 0.05) is 31.9 Å². The predicted octanol–water partition coefficient (Wildman–Crippen LogP) is 2.12. The topological polar surface area (TPSA) is 73.9 Å². The molecule has 0 radical (unpaired) electrons. The van der Waals surface area contributed by atoms with Gasteiger partial charge in [0.15, 0.2) is 0 Å². The van der Waals surface area contributed by atoms with Crippen LogP contribution in [0.1, 0.15) is 16.9 Å². The van der Waals surface area contributed by atoms with Gasteiger partial charge in [-0.15, -0.1) is 11.3 Å². The fourth-order valence-corrected chi connectivity index (χ4v) is 3.63. The third-order valence-corrected chi connectivity index (χ3v) is 5.04. The maximum absolute atomic E-state index is 8.83. The summed E-state index contributed by atoms with van der Waals surface area (Å²) in [5.41, 5.74) is 9.64. The molecule has 5 nitrogen and oxygen atoms in total. The number of nitrogens with zero attached hydrogens (tertiary/aromatic N) is 2. The summed E-state index contributed by atoms with van der Waals surface area (Å²) in [5, 5.41) is 14.1. The first kappa shape index (κ1) is 17.0. The second-order valence-corrected chi connectivity index (χ2v) is 6.80. The standard InChI is InChI=1S/C18H24N4OS/c19-18(17-4-2-12-24-17)21-15-5-6-16-14(13-15)3-1-9-22(16)10-7-20-8-11-23/h2,4-6,12-13,20,23H,1,3,7-11H2,(H2,19,21). The number of aliphatic hydroxyl groups is 1. The van der Waals surface area contributed by atoms with Gasteiger partial charge in [-0.25, -0.2) is 4.99 Å². The quantitative estimate of drug-likeness (QED) is 0.409. The van der Waals surface area contributed by atoms with Gasteiger partial charge in [0.25, 0.3) is 0 Å². The van der Waals surface area contributed by atoms with Crippen LogP contribution >= 0.6 is 11.3 Å². The van der Waals surface area contributed by atoms with Crippen LogP contribution in [0.5, 0.6) is 0 Å². The molecule has 0 unspecified atom stereocenters. The Morgan fingerprint density at radius 3 is 3.04 bits per heavy atom. The molecule has 24 heavy (non-hydrogen) atoms. The summed E-state index contributed by atoms with van der Waals surface area (Å²) in [6.07, 6.45) is 2.23. The summed E-state index contributed by atoms with van der Waals surface area (Å²) in [6.45, 7) is 3.74. The Morgan fingerprint density at radius 2 is 2.25 bits per heavy atom. The highest BCUT2D eigenvalue weighted by Gasteiger charge is 2.16. The summed E-state index contributed by atoms with van der Waals surface area (Å²) < 4.78 is 0.